The molecule has 0 radical (unpaired) electrons. The standard InChI is InChI=1S/C13H20N2O2S/c16-12-7-14(10-5-3-1-2-4-6-10)13(17)11-8-18-9-15(11)12/h10-11H,1-9H2. The molecule has 0 aromatic heterocycles. The van der Waals surface area contributed by atoms with Crippen LogP contribution in [-0.2, 0) is 9.59 Å². The number of amides is 2. The number of piperazine rings is 1. The summed E-state index contributed by atoms with van der Waals surface area (Å²) >= 11 is 1.70. The van der Waals surface area contributed by atoms with Crippen LogP contribution in [0.25, 0.3) is 0 Å². The average Bonchev–Trinajstić information content (AvgIpc) is 2.71. The Morgan fingerprint density at radius 3 is 2.44 bits per heavy atom. The van der Waals surface area contributed by atoms with E-state index in [1.807, 2.05) is 4.90 Å². The van der Waals surface area contributed by atoms with Crippen LogP contribution in [0, 0.1) is 0 Å². The summed E-state index contributed by atoms with van der Waals surface area (Å²) in [5.41, 5.74) is 0. The van der Waals surface area contributed by atoms with Crippen LogP contribution in [0.5, 0.6) is 0 Å². The number of hydrogen-bond donors (Lipinski definition) is 0. The molecule has 1 aliphatic carbocycles. The summed E-state index contributed by atoms with van der Waals surface area (Å²) < 4.78 is 0. The molecule has 1 atom stereocenters. The highest BCUT2D eigenvalue weighted by atomic mass is 32.2. The minimum atomic E-state index is -0.167. The first-order valence-corrected chi connectivity index (χ1v) is 8.10. The van der Waals surface area contributed by atoms with Crippen molar-refractivity contribution in [2.75, 3.05) is 18.2 Å². The fourth-order valence-corrected chi connectivity index (χ4v) is 4.45. The smallest absolute Gasteiger partial charge is 0.246 e. The predicted molar refractivity (Wildman–Crippen MR) is 71.2 cm³/mol. The summed E-state index contributed by atoms with van der Waals surface area (Å²) in [7, 11) is 0. The summed E-state index contributed by atoms with van der Waals surface area (Å²) in [6.45, 7) is 0.320. The lowest BCUT2D eigenvalue weighted by Gasteiger charge is -2.40. The number of thioether (sulfide) groups is 1. The van der Waals surface area contributed by atoms with E-state index in [1.54, 1.807) is 16.7 Å². The van der Waals surface area contributed by atoms with Gasteiger partial charge in [-0.1, -0.05) is 25.7 Å². The van der Waals surface area contributed by atoms with E-state index < -0.39 is 0 Å². The van der Waals surface area contributed by atoms with Gasteiger partial charge in [-0.2, -0.15) is 0 Å². The third-order valence-electron chi connectivity index (χ3n) is 4.34. The van der Waals surface area contributed by atoms with Gasteiger partial charge >= 0.3 is 0 Å². The predicted octanol–water partition coefficient (Wildman–Crippen LogP) is 1.45. The molecule has 100 valence electrons. The molecule has 2 heterocycles. The molecule has 2 saturated heterocycles. The fraction of sp³-hybridized carbons (Fsp3) is 0.846. The van der Waals surface area contributed by atoms with Crippen molar-refractivity contribution in [2.45, 2.75) is 50.6 Å². The lowest BCUT2D eigenvalue weighted by atomic mass is 10.0. The first-order valence-electron chi connectivity index (χ1n) is 6.95. The Kier molecular flexibility index (Phi) is 3.50. The minimum Gasteiger partial charge on any atom is -0.329 e. The molecule has 3 fully saturated rings. The number of hydrogen-bond acceptors (Lipinski definition) is 3. The van der Waals surface area contributed by atoms with Gasteiger partial charge in [-0.15, -0.1) is 11.8 Å². The minimum absolute atomic E-state index is 0.147. The highest BCUT2D eigenvalue weighted by Crippen LogP contribution is 2.30. The third-order valence-corrected chi connectivity index (χ3v) is 5.35. The van der Waals surface area contributed by atoms with Crippen molar-refractivity contribution in [1.29, 1.82) is 0 Å². The van der Waals surface area contributed by atoms with Gasteiger partial charge in [0.25, 0.3) is 0 Å². The Labute approximate surface area is 112 Å². The summed E-state index contributed by atoms with van der Waals surface area (Å²) in [6, 6.07) is 0.149. The van der Waals surface area contributed by atoms with Gasteiger partial charge in [0, 0.05) is 11.8 Å². The molecule has 0 bridgehead atoms. The topological polar surface area (TPSA) is 40.6 Å². The van der Waals surface area contributed by atoms with Crippen LogP contribution in [0.1, 0.15) is 38.5 Å². The average molecular weight is 268 g/mol. The molecule has 5 heteroatoms. The maximum atomic E-state index is 12.5. The van der Waals surface area contributed by atoms with Gasteiger partial charge < -0.3 is 9.80 Å². The summed E-state index contributed by atoms with van der Waals surface area (Å²) in [5.74, 6) is 1.84. The molecule has 4 nitrogen and oxygen atoms in total. The molecule has 18 heavy (non-hydrogen) atoms. The second-order valence-corrected chi connectivity index (χ2v) is 6.49. The molecule has 1 unspecified atom stereocenters. The van der Waals surface area contributed by atoms with Crippen molar-refractivity contribution >= 4 is 23.6 Å². The monoisotopic (exact) mass is 268 g/mol. The van der Waals surface area contributed by atoms with E-state index in [4.69, 9.17) is 0 Å². The molecule has 0 N–H and O–H groups in total. The maximum absolute atomic E-state index is 12.5. The molecular weight excluding hydrogens is 248 g/mol. The third kappa shape index (κ3) is 2.13. The zero-order valence-electron chi connectivity index (χ0n) is 10.6. The van der Waals surface area contributed by atoms with Gasteiger partial charge in [0.05, 0.1) is 5.88 Å². The van der Waals surface area contributed by atoms with E-state index in [0.29, 0.717) is 18.5 Å². The number of fused-ring (bicyclic) bond motifs is 1. The zero-order valence-corrected chi connectivity index (χ0v) is 11.5. The van der Waals surface area contributed by atoms with E-state index in [0.717, 1.165) is 18.6 Å². The Hall–Kier alpha value is -0.710. The highest BCUT2D eigenvalue weighted by Gasteiger charge is 2.44. The van der Waals surface area contributed by atoms with Crippen molar-refractivity contribution in [3.63, 3.8) is 0 Å². The van der Waals surface area contributed by atoms with Gasteiger partial charge in [0.1, 0.15) is 12.6 Å². The van der Waals surface area contributed by atoms with Crippen LogP contribution in [-0.4, -0.2) is 51.9 Å². The second-order valence-electron chi connectivity index (χ2n) is 5.49. The molecular formula is C13H20N2O2S. The number of carbonyl (C=O) groups excluding carboxylic acids is 2. The maximum Gasteiger partial charge on any atom is 0.246 e. The molecule has 0 aromatic carbocycles. The largest absolute Gasteiger partial charge is 0.329 e. The molecule has 1 saturated carbocycles. The Bertz CT molecular complexity index is 353. The number of carbonyl (C=O) groups is 2. The fourth-order valence-electron chi connectivity index (χ4n) is 3.28. The van der Waals surface area contributed by atoms with Gasteiger partial charge in [0.2, 0.25) is 11.8 Å². The van der Waals surface area contributed by atoms with E-state index in [2.05, 4.69) is 0 Å². The first-order chi connectivity index (χ1) is 8.77. The molecule has 0 aromatic rings. The Balaban J connectivity index is 1.75. The molecule has 0 spiro atoms. The van der Waals surface area contributed by atoms with Crippen LogP contribution < -0.4 is 0 Å². The Morgan fingerprint density at radius 2 is 1.72 bits per heavy atom. The SMILES string of the molecule is O=C1C2CSCN2C(=O)CN1C1CCCCCC1. The lowest BCUT2D eigenvalue weighted by molar-refractivity contribution is -0.155. The highest BCUT2D eigenvalue weighted by molar-refractivity contribution is 7.99. The lowest BCUT2D eigenvalue weighted by Crippen LogP contribution is -2.60. The van der Waals surface area contributed by atoms with Crippen molar-refractivity contribution in [1.82, 2.24) is 9.80 Å². The van der Waals surface area contributed by atoms with E-state index in [9.17, 15) is 9.59 Å². The summed E-state index contributed by atoms with van der Waals surface area (Å²) in [4.78, 5) is 28.2. The zero-order chi connectivity index (χ0) is 12.5. The van der Waals surface area contributed by atoms with E-state index in [-0.39, 0.29) is 17.9 Å². The van der Waals surface area contributed by atoms with E-state index in [1.165, 1.54) is 25.7 Å². The summed E-state index contributed by atoms with van der Waals surface area (Å²) in [5, 5.41) is 0. The van der Waals surface area contributed by atoms with Gasteiger partial charge in [0.15, 0.2) is 0 Å². The van der Waals surface area contributed by atoms with Gasteiger partial charge in [-0.3, -0.25) is 9.59 Å². The quantitative estimate of drug-likeness (QED) is 0.676. The van der Waals surface area contributed by atoms with Crippen LogP contribution in [0.3, 0.4) is 0 Å². The van der Waals surface area contributed by atoms with Crippen LogP contribution in [0.4, 0.5) is 0 Å². The van der Waals surface area contributed by atoms with Crippen molar-refractivity contribution in [3.8, 4) is 0 Å². The first kappa shape index (κ1) is 12.3. The second kappa shape index (κ2) is 5.11. The van der Waals surface area contributed by atoms with Gasteiger partial charge in [-0.25, -0.2) is 0 Å². The summed E-state index contributed by atoms with van der Waals surface area (Å²) in [6.07, 6.45) is 7.12. The van der Waals surface area contributed by atoms with Crippen molar-refractivity contribution < 1.29 is 9.59 Å². The molecule has 3 rings (SSSR count). The van der Waals surface area contributed by atoms with Crippen LogP contribution in [0.2, 0.25) is 0 Å². The van der Waals surface area contributed by atoms with E-state index >= 15 is 0 Å². The number of rotatable bonds is 1. The molecule has 3 aliphatic rings. The molecule has 2 aliphatic heterocycles. The normalized spacial score (nSPS) is 30.6. The van der Waals surface area contributed by atoms with Crippen LogP contribution in [0.15, 0.2) is 0 Å². The van der Waals surface area contributed by atoms with Crippen molar-refractivity contribution in [3.05, 3.63) is 0 Å². The molecule has 2 amide bonds. The Morgan fingerprint density at radius 1 is 1.00 bits per heavy atom. The van der Waals surface area contributed by atoms with Crippen LogP contribution >= 0.6 is 11.8 Å². The van der Waals surface area contributed by atoms with Gasteiger partial charge in [-0.05, 0) is 12.8 Å². The number of nitrogens with zero attached hydrogens (tertiary/aromatic N) is 2. The van der Waals surface area contributed by atoms with Crippen molar-refractivity contribution in [2.24, 2.45) is 0 Å².